The van der Waals surface area contributed by atoms with Gasteiger partial charge in [-0.25, -0.2) is 8.78 Å². The minimum absolute atomic E-state index is 0.0258. The van der Waals surface area contributed by atoms with Crippen LogP contribution in [0.5, 0.6) is 0 Å². The summed E-state index contributed by atoms with van der Waals surface area (Å²) in [5.41, 5.74) is 2.51. The van der Waals surface area contributed by atoms with Crippen molar-refractivity contribution in [3.63, 3.8) is 0 Å². The third-order valence-electron chi connectivity index (χ3n) is 5.98. The predicted octanol–water partition coefficient (Wildman–Crippen LogP) is 4.99. The van der Waals surface area contributed by atoms with E-state index in [1.165, 1.54) is 18.2 Å². The van der Waals surface area contributed by atoms with E-state index in [-0.39, 0.29) is 23.5 Å². The van der Waals surface area contributed by atoms with Gasteiger partial charge in [-0.15, -0.1) is 0 Å². The third kappa shape index (κ3) is 4.98. The van der Waals surface area contributed by atoms with E-state index in [0.717, 1.165) is 49.0 Å². The SMILES string of the molecule is CC(C)C1c2ccc(F)cc2CCC1(O)CCNCCCc1ccc(F)cc1. The fraction of sp³-hybridized carbons (Fsp3) is 0.500. The van der Waals surface area contributed by atoms with Gasteiger partial charge in [-0.1, -0.05) is 32.0 Å². The Bertz CT molecular complexity index is 775. The first kappa shape index (κ1) is 20.9. The van der Waals surface area contributed by atoms with Gasteiger partial charge in [-0.2, -0.15) is 0 Å². The molecular formula is C24H31F2NO. The van der Waals surface area contributed by atoms with Crippen molar-refractivity contribution in [2.45, 2.75) is 57.5 Å². The molecule has 0 heterocycles. The van der Waals surface area contributed by atoms with Crippen LogP contribution in [0, 0.1) is 17.6 Å². The van der Waals surface area contributed by atoms with Crippen LogP contribution in [-0.4, -0.2) is 23.8 Å². The number of fused-ring (bicyclic) bond motifs is 1. The molecule has 28 heavy (non-hydrogen) atoms. The molecule has 0 amide bonds. The summed E-state index contributed by atoms with van der Waals surface area (Å²) < 4.78 is 26.5. The highest BCUT2D eigenvalue weighted by Gasteiger charge is 2.42. The van der Waals surface area contributed by atoms with E-state index in [2.05, 4.69) is 19.2 Å². The Labute approximate surface area is 167 Å². The van der Waals surface area contributed by atoms with Crippen molar-refractivity contribution in [3.8, 4) is 0 Å². The monoisotopic (exact) mass is 387 g/mol. The van der Waals surface area contributed by atoms with Gasteiger partial charge in [0.25, 0.3) is 0 Å². The highest BCUT2D eigenvalue weighted by Crippen LogP contribution is 2.45. The molecule has 0 aromatic heterocycles. The van der Waals surface area contributed by atoms with Gasteiger partial charge in [0.1, 0.15) is 11.6 Å². The molecule has 2 unspecified atom stereocenters. The number of aliphatic hydroxyl groups is 1. The Morgan fingerprint density at radius 2 is 1.79 bits per heavy atom. The van der Waals surface area contributed by atoms with Gasteiger partial charge in [0.2, 0.25) is 0 Å². The normalized spacial score (nSPS) is 21.7. The Morgan fingerprint density at radius 1 is 1.07 bits per heavy atom. The van der Waals surface area contributed by atoms with Crippen LogP contribution in [0.25, 0.3) is 0 Å². The molecule has 2 N–H and O–H groups in total. The van der Waals surface area contributed by atoms with Crippen molar-refractivity contribution in [1.82, 2.24) is 5.32 Å². The van der Waals surface area contributed by atoms with Crippen molar-refractivity contribution in [2.24, 2.45) is 5.92 Å². The van der Waals surface area contributed by atoms with E-state index in [9.17, 15) is 13.9 Å². The lowest BCUT2D eigenvalue weighted by Gasteiger charge is -2.44. The van der Waals surface area contributed by atoms with E-state index < -0.39 is 5.60 Å². The van der Waals surface area contributed by atoms with Crippen molar-refractivity contribution >= 4 is 0 Å². The molecule has 0 radical (unpaired) electrons. The molecular weight excluding hydrogens is 356 g/mol. The summed E-state index contributed by atoms with van der Waals surface area (Å²) in [7, 11) is 0. The van der Waals surface area contributed by atoms with Gasteiger partial charge >= 0.3 is 0 Å². The second kappa shape index (κ2) is 9.15. The zero-order valence-corrected chi connectivity index (χ0v) is 16.8. The fourth-order valence-corrected chi connectivity index (χ4v) is 4.65. The number of aryl methyl sites for hydroxylation is 2. The van der Waals surface area contributed by atoms with E-state index in [0.29, 0.717) is 12.8 Å². The third-order valence-corrected chi connectivity index (χ3v) is 5.98. The quantitative estimate of drug-likeness (QED) is 0.625. The summed E-state index contributed by atoms with van der Waals surface area (Å²) in [6.07, 6.45) is 3.95. The first-order valence-electron chi connectivity index (χ1n) is 10.3. The van der Waals surface area contributed by atoms with Gasteiger partial charge in [0.15, 0.2) is 0 Å². The van der Waals surface area contributed by atoms with Crippen LogP contribution in [0.4, 0.5) is 8.78 Å². The van der Waals surface area contributed by atoms with Gasteiger partial charge in [-0.3, -0.25) is 0 Å². The molecule has 0 saturated heterocycles. The van der Waals surface area contributed by atoms with Crippen LogP contribution in [0.15, 0.2) is 42.5 Å². The summed E-state index contributed by atoms with van der Waals surface area (Å²) >= 11 is 0. The molecule has 0 saturated carbocycles. The first-order chi connectivity index (χ1) is 13.4. The smallest absolute Gasteiger partial charge is 0.123 e. The second-order valence-electron chi connectivity index (χ2n) is 8.40. The number of rotatable bonds is 8. The van der Waals surface area contributed by atoms with E-state index >= 15 is 0 Å². The molecule has 0 fully saturated rings. The molecule has 4 heteroatoms. The molecule has 0 aliphatic heterocycles. The van der Waals surface area contributed by atoms with Gasteiger partial charge in [0.05, 0.1) is 5.60 Å². The van der Waals surface area contributed by atoms with Gasteiger partial charge in [0, 0.05) is 5.92 Å². The van der Waals surface area contributed by atoms with Crippen molar-refractivity contribution in [3.05, 3.63) is 70.8 Å². The van der Waals surface area contributed by atoms with Crippen LogP contribution in [0.2, 0.25) is 0 Å². The summed E-state index contributed by atoms with van der Waals surface area (Å²) in [6, 6.07) is 11.6. The zero-order chi connectivity index (χ0) is 20.1. The number of benzene rings is 2. The maximum Gasteiger partial charge on any atom is 0.123 e. The molecule has 2 aromatic carbocycles. The molecule has 2 atom stereocenters. The van der Waals surface area contributed by atoms with Crippen molar-refractivity contribution < 1.29 is 13.9 Å². The molecule has 1 aliphatic carbocycles. The van der Waals surface area contributed by atoms with Crippen molar-refractivity contribution in [2.75, 3.05) is 13.1 Å². The van der Waals surface area contributed by atoms with Gasteiger partial charge < -0.3 is 10.4 Å². The molecule has 152 valence electrons. The lowest BCUT2D eigenvalue weighted by molar-refractivity contribution is -0.0241. The Morgan fingerprint density at radius 3 is 2.50 bits per heavy atom. The molecule has 2 nitrogen and oxygen atoms in total. The van der Waals surface area contributed by atoms with Crippen LogP contribution < -0.4 is 5.32 Å². The van der Waals surface area contributed by atoms with Crippen LogP contribution in [-0.2, 0) is 12.8 Å². The van der Waals surface area contributed by atoms with E-state index in [4.69, 9.17) is 0 Å². The first-order valence-corrected chi connectivity index (χ1v) is 10.3. The molecule has 1 aliphatic rings. The Kier molecular flexibility index (Phi) is 6.84. The largest absolute Gasteiger partial charge is 0.389 e. The number of hydrogen-bond donors (Lipinski definition) is 2. The van der Waals surface area contributed by atoms with Crippen molar-refractivity contribution in [1.29, 1.82) is 0 Å². The zero-order valence-electron chi connectivity index (χ0n) is 16.8. The number of hydrogen-bond acceptors (Lipinski definition) is 2. The Balaban J connectivity index is 1.51. The van der Waals surface area contributed by atoms with E-state index in [1.807, 2.05) is 18.2 Å². The maximum atomic E-state index is 13.6. The van der Waals surface area contributed by atoms with Gasteiger partial charge in [-0.05, 0) is 92.1 Å². The number of halogens is 2. The summed E-state index contributed by atoms with van der Waals surface area (Å²) in [5, 5.41) is 14.8. The van der Waals surface area contributed by atoms with Crippen LogP contribution >= 0.6 is 0 Å². The fourth-order valence-electron chi connectivity index (χ4n) is 4.65. The Hall–Kier alpha value is -1.78. The highest BCUT2D eigenvalue weighted by atomic mass is 19.1. The average Bonchev–Trinajstić information content (AvgIpc) is 2.66. The maximum absolute atomic E-state index is 13.6. The molecule has 0 spiro atoms. The average molecular weight is 388 g/mol. The second-order valence-corrected chi connectivity index (χ2v) is 8.40. The molecule has 3 rings (SSSR count). The van der Waals surface area contributed by atoms with Crippen LogP contribution in [0.3, 0.4) is 0 Å². The minimum atomic E-state index is -0.761. The van der Waals surface area contributed by atoms with E-state index in [1.54, 1.807) is 6.07 Å². The summed E-state index contributed by atoms with van der Waals surface area (Å²) in [4.78, 5) is 0. The minimum Gasteiger partial charge on any atom is -0.389 e. The highest BCUT2D eigenvalue weighted by molar-refractivity contribution is 5.36. The lowest BCUT2D eigenvalue weighted by atomic mass is 9.66. The topological polar surface area (TPSA) is 32.3 Å². The molecule has 2 aromatic rings. The predicted molar refractivity (Wildman–Crippen MR) is 109 cm³/mol. The molecule has 0 bridgehead atoms. The summed E-state index contributed by atoms with van der Waals surface area (Å²) in [5.74, 6) is -0.0908. The summed E-state index contributed by atoms with van der Waals surface area (Å²) in [6.45, 7) is 5.87. The lowest BCUT2D eigenvalue weighted by Crippen LogP contribution is -2.45. The number of nitrogens with one attached hydrogen (secondary N) is 1. The van der Waals surface area contributed by atoms with Crippen LogP contribution in [0.1, 0.15) is 55.7 Å². The standard InChI is InChI=1S/C24H31F2NO/c1-17(2)23-22-10-9-21(26)16-19(22)11-12-24(23,28)13-15-27-14-3-4-18-5-7-20(25)8-6-18/h5-10,16-17,23,27-28H,3-4,11-15H2,1-2H3.